The van der Waals surface area contributed by atoms with E-state index in [1.807, 2.05) is 41.5 Å². The van der Waals surface area contributed by atoms with Crippen LogP contribution in [-0.4, -0.2) is 7.05 Å². The molecule has 0 saturated heterocycles. The van der Waals surface area contributed by atoms with Crippen LogP contribution in [0.4, 0.5) is 11.4 Å². The molecule has 2 aromatic carbocycles. The molecule has 0 amide bonds. The maximum atomic E-state index is 2.24. The van der Waals surface area contributed by atoms with E-state index in [2.05, 4.69) is 72.6 Å². The third-order valence-corrected chi connectivity index (χ3v) is 3.04. The van der Waals surface area contributed by atoms with Gasteiger partial charge in [0.2, 0.25) is 0 Å². The Hall–Kier alpha value is -2.02. The number of para-hydroxylation sites is 2. The number of fused-ring (bicyclic) bond motifs is 2. The van der Waals surface area contributed by atoms with Crippen molar-refractivity contribution in [2.75, 3.05) is 11.9 Å². The van der Waals surface area contributed by atoms with Crippen molar-refractivity contribution in [1.29, 1.82) is 0 Å². The third kappa shape index (κ3) is 4.77. The molecular weight excluding hydrogens is 266 g/mol. The Kier molecular flexibility index (Phi) is 10.6. The molecule has 1 aliphatic heterocycles. The summed E-state index contributed by atoms with van der Waals surface area (Å²) >= 11 is 0. The summed E-state index contributed by atoms with van der Waals surface area (Å²) in [5.74, 6) is 0. The highest BCUT2D eigenvalue weighted by molar-refractivity contribution is 5.88. The van der Waals surface area contributed by atoms with Gasteiger partial charge in [0.15, 0.2) is 0 Å². The van der Waals surface area contributed by atoms with Gasteiger partial charge in [-0.2, -0.15) is 0 Å². The average Bonchev–Trinajstić information content (AvgIpc) is 2.78. The van der Waals surface area contributed by atoms with Gasteiger partial charge in [0.1, 0.15) is 0 Å². The largest absolute Gasteiger partial charge is 0.344 e. The molecule has 22 heavy (non-hydrogen) atoms. The van der Waals surface area contributed by atoms with Gasteiger partial charge in [-0.1, -0.05) is 90.1 Å². The summed E-state index contributed by atoms with van der Waals surface area (Å²) in [5, 5.41) is 0. The summed E-state index contributed by atoms with van der Waals surface area (Å²) in [7, 11) is 2.12. The monoisotopic (exact) mass is 297 g/mol. The number of hydrogen-bond acceptors (Lipinski definition) is 1. The molecule has 0 radical (unpaired) electrons. The number of hydrogen-bond donors (Lipinski definition) is 0. The molecule has 0 spiro atoms. The maximum Gasteiger partial charge on any atom is 0.0481 e. The van der Waals surface area contributed by atoms with Crippen molar-refractivity contribution in [3.63, 3.8) is 0 Å². The predicted octanol–water partition coefficient (Wildman–Crippen LogP) is 7.02. The van der Waals surface area contributed by atoms with Crippen molar-refractivity contribution < 1.29 is 0 Å². The first-order valence-corrected chi connectivity index (χ1v) is 8.46. The topological polar surface area (TPSA) is 3.24 Å². The van der Waals surface area contributed by atoms with Gasteiger partial charge in [0.25, 0.3) is 0 Å². The lowest BCUT2D eigenvalue weighted by molar-refractivity contribution is 1.20. The minimum atomic E-state index is 1.25. The zero-order valence-electron chi connectivity index (χ0n) is 15.2. The molecule has 120 valence electrons. The highest BCUT2D eigenvalue weighted by atomic mass is 15.1. The maximum absolute atomic E-state index is 2.24. The third-order valence-electron chi connectivity index (χ3n) is 3.04. The molecule has 0 bridgehead atoms. The fourth-order valence-corrected chi connectivity index (χ4v) is 2.18. The molecular formula is C21H31N. The number of benzene rings is 2. The highest BCUT2D eigenvalue weighted by Gasteiger charge is 2.12. The lowest BCUT2D eigenvalue weighted by Crippen LogP contribution is -2.10. The number of nitrogens with zero attached hydrogens (tertiary/aromatic N) is 1. The molecule has 0 N–H and O–H groups in total. The van der Waals surface area contributed by atoms with Crippen molar-refractivity contribution in [1.82, 2.24) is 0 Å². The number of rotatable bonds is 0. The van der Waals surface area contributed by atoms with E-state index in [1.54, 1.807) is 0 Å². The van der Waals surface area contributed by atoms with E-state index in [0.717, 1.165) is 0 Å². The van der Waals surface area contributed by atoms with Gasteiger partial charge in [-0.15, -0.1) is 0 Å². The molecule has 0 fully saturated rings. The predicted molar refractivity (Wildman–Crippen MR) is 104 cm³/mol. The van der Waals surface area contributed by atoms with Crippen LogP contribution in [0.25, 0.3) is 12.2 Å². The first kappa shape index (κ1) is 20.0. The lowest BCUT2D eigenvalue weighted by atomic mass is 10.1. The molecule has 0 aliphatic carbocycles. The summed E-state index contributed by atoms with van der Waals surface area (Å²) in [5.41, 5.74) is 5.04. The van der Waals surface area contributed by atoms with Gasteiger partial charge in [0, 0.05) is 18.4 Å². The van der Waals surface area contributed by atoms with E-state index in [0.29, 0.717) is 0 Å². The van der Waals surface area contributed by atoms with E-state index < -0.39 is 0 Å². The quantitative estimate of drug-likeness (QED) is 0.505. The summed E-state index contributed by atoms with van der Waals surface area (Å²) in [6, 6.07) is 16.9. The van der Waals surface area contributed by atoms with Gasteiger partial charge in [-0.05, 0) is 23.3 Å². The second kappa shape index (κ2) is 11.6. The smallest absolute Gasteiger partial charge is 0.0481 e. The van der Waals surface area contributed by atoms with Gasteiger partial charge >= 0.3 is 0 Å². The van der Waals surface area contributed by atoms with Crippen molar-refractivity contribution in [2.45, 2.75) is 41.5 Å². The zero-order chi connectivity index (χ0) is 17.0. The minimum Gasteiger partial charge on any atom is -0.344 e. The molecule has 0 atom stereocenters. The van der Waals surface area contributed by atoms with E-state index >= 15 is 0 Å². The fraction of sp³-hybridized carbons (Fsp3) is 0.333. The van der Waals surface area contributed by atoms with E-state index in [-0.39, 0.29) is 0 Å². The van der Waals surface area contributed by atoms with E-state index in [1.165, 1.54) is 22.5 Å². The molecule has 0 unspecified atom stereocenters. The molecule has 1 heteroatoms. The lowest BCUT2D eigenvalue weighted by Gasteiger charge is -2.21. The van der Waals surface area contributed by atoms with E-state index in [9.17, 15) is 0 Å². The van der Waals surface area contributed by atoms with Crippen LogP contribution >= 0.6 is 0 Å². The van der Waals surface area contributed by atoms with E-state index in [4.69, 9.17) is 0 Å². The van der Waals surface area contributed by atoms with Gasteiger partial charge in [-0.3, -0.25) is 0 Å². The SMILES string of the molecule is CC.CC.CC.CN1c2ccccc2C=Cc2ccccc21. The second-order valence-corrected chi connectivity index (χ2v) is 4.01. The highest BCUT2D eigenvalue weighted by Crippen LogP contribution is 2.34. The van der Waals surface area contributed by atoms with Crippen molar-refractivity contribution in [3.8, 4) is 0 Å². The molecule has 0 saturated carbocycles. The molecule has 3 rings (SSSR count). The molecule has 0 aromatic heterocycles. The minimum absolute atomic E-state index is 1.25. The number of anilines is 2. The normalized spacial score (nSPS) is 10.2. The fourth-order valence-electron chi connectivity index (χ4n) is 2.18. The van der Waals surface area contributed by atoms with Crippen molar-refractivity contribution in [3.05, 3.63) is 59.7 Å². The standard InChI is InChI=1S/C15H13N.3C2H6/c1-16-14-8-4-2-6-12(14)10-11-13-7-3-5-9-15(13)16;3*1-2/h2-11H,1H3;3*1-2H3. The van der Waals surface area contributed by atoms with Crippen molar-refractivity contribution >= 4 is 23.5 Å². The van der Waals surface area contributed by atoms with Crippen LogP contribution in [0.3, 0.4) is 0 Å². The molecule has 2 aromatic rings. The summed E-state index contributed by atoms with van der Waals surface area (Å²) in [6.45, 7) is 12.0. The Labute approximate surface area is 137 Å². The van der Waals surface area contributed by atoms with Gasteiger partial charge < -0.3 is 4.90 Å². The van der Waals surface area contributed by atoms with Crippen LogP contribution < -0.4 is 4.90 Å². The first-order chi connectivity index (χ1) is 10.9. The molecule has 1 heterocycles. The molecule has 1 nitrogen and oxygen atoms in total. The van der Waals surface area contributed by atoms with Crippen LogP contribution in [0, 0.1) is 0 Å². The van der Waals surface area contributed by atoms with Crippen LogP contribution in [0.5, 0.6) is 0 Å². The Morgan fingerprint density at radius 3 is 1.23 bits per heavy atom. The Bertz CT molecular complexity index is 506. The Balaban J connectivity index is 0.000000661. The average molecular weight is 297 g/mol. The summed E-state index contributed by atoms with van der Waals surface area (Å²) in [6.07, 6.45) is 4.36. The Morgan fingerprint density at radius 1 is 0.545 bits per heavy atom. The van der Waals surface area contributed by atoms with Gasteiger partial charge in [-0.25, -0.2) is 0 Å². The van der Waals surface area contributed by atoms with Crippen LogP contribution in [-0.2, 0) is 0 Å². The summed E-state index contributed by atoms with van der Waals surface area (Å²) < 4.78 is 0. The summed E-state index contributed by atoms with van der Waals surface area (Å²) in [4.78, 5) is 2.24. The van der Waals surface area contributed by atoms with Crippen molar-refractivity contribution in [2.24, 2.45) is 0 Å². The van der Waals surface area contributed by atoms with Crippen LogP contribution in [0.1, 0.15) is 52.7 Å². The Morgan fingerprint density at radius 2 is 0.864 bits per heavy atom. The zero-order valence-corrected chi connectivity index (χ0v) is 15.2. The van der Waals surface area contributed by atoms with Crippen LogP contribution in [0.2, 0.25) is 0 Å². The molecule has 1 aliphatic rings. The second-order valence-electron chi connectivity index (χ2n) is 4.01. The van der Waals surface area contributed by atoms with Gasteiger partial charge in [0.05, 0.1) is 0 Å². The van der Waals surface area contributed by atoms with Crippen LogP contribution in [0.15, 0.2) is 48.5 Å². The first-order valence-electron chi connectivity index (χ1n) is 8.46.